The van der Waals surface area contributed by atoms with Gasteiger partial charge in [-0.15, -0.1) is 0 Å². The summed E-state index contributed by atoms with van der Waals surface area (Å²) in [6, 6.07) is 6.29. The van der Waals surface area contributed by atoms with E-state index >= 15 is 0 Å². The Hall–Kier alpha value is -1.89. The van der Waals surface area contributed by atoms with Crippen molar-refractivity contribution >= 4 is 39.9 Å². The van der Waals surface area contributed by atoms with Gasteiger partial charge in [0.2, 0.25) is 0 Å². The molecule has 0 spiro atoms. The van der Waals surface area contributed by atoms with Gasteiger partial charge in [-0.05, 0) is 98.4 Å². The van der Waals surface area contributed by atoms with Crippen LogP contribution >= 0.6 is 22.6 Å². The molecule has 2 aromatic carbocycles. The summed E-state index contributed by atoms with van der Waals surface area (Å²) >= 11 is 1.94. The number of nitrogens with zero attached hydrogens (tertiary/aromatic N) is 2. The summed E-state index contributed by atoms with van der Waals surface area (Å²) in [4.78, 5) is 16.7. The molecule has 10 heteroatoms. The Labute approximate surface area is 210 Å². The van der Waals surface area contributed by atoms with E-state index in [9.17, 15) is 23.1 Å². The number of anilines is 2. The van der Waals surface area contributed by atoms with Gasteiger partial charge < -0.3 is 25.5 Å². The van der Waals surface area contributed by atoms with Crippen molar-refractivity contribution in [2.75, 3.05) is 51.6 Å². The third-order valence-electron chi connectivity index (χ3n) is 6.50. The largest absolute Gasteiger partial charge is 0.385 e. The number of piperidine rings is 1. The van der Waals surface area contributed by atoms with E-state index in [2.05, 4.69) is 22.6 Å². The first-order valence-electron chi connectivity index (χ1n) is 11.3. The molecule has 0 aliphatic carbocycles. The predicted octanol–water partition coefficient (Wildman–Crippen LogP) is 3.57. The standard InChI is InChI=1S/C24H28F3IN4O2/c1-31-8-6-15(7-9-31)11-29-12-24(34)13-32(14-24)23(33)17-3-4-18(25)21(27)22(17)30-20-5-2-16(28)10-19(20)26/h2-5,10,15,29-30,34H,6-9,11-14H2,1H3. The monoisotopic (exact) mass is 588 g/mol. The second-order valence-electron chi connectivity index (χ2n) is 9.30. The molecule has 1 amide bonds. The number of carbonyl (C=O) groups excluding carboxylic acids is 1. The molecule has 2 aliphatic heterocycles. The minimum atomic E-state index is -1.26. The Kier molecular flexibility index (Phi) is 7.70. The topological polar surface area (TPSA) is 67.8 Å². The average molecular weight is 588 g/mol. The molecule has 34 heavy (non-hydrogen) atoms. The summed E-state index contributed by atoms with van der Waals surface area (Å²) in [5.74, 6) is -3.06. The highest BCUT2D eigenvalue weighted by atomic mass is 127. The number of halogens is 4. The Morgan fingerprint density at radius 3 is 2.53 bits per heavy atom. The fraction of sp³-hybridized carbons (Fsp3) is 0.458. The van der Waals surface area contributed by atoms with E-state index in [1.165, 1.54) is 23.1 Å². The van der Waals surface area contributed by atoms with Crippen molar-refractivity contribution in [1.29, 1.82) is 0 Å². The highest BCUT2D eigenvalue weighted by molar-refractivity contribution is 14.1. The van der Waals surface area contributed by atoms with E-state index in [0.29, 0.717) is 16.0 Å². The Morgan fingerprint density at radius 1 is 1.15 bits per heavy atom. The van der Waals surface area contributed by atoms with Crippen molar-refractivity contribution in [3.63, 3.8) is 0 Å². The molecular weight excluding hydrogens is 560 g/mol. The molecule has 2 heterocycles. The lowest BCUT2D eigenvalue weighted by molar-refractivity contribution is -0.0789. The summed E-state index contributed by atoms with van der Waals surface area (Å²) in [6.45, 7) is 3.43. The van der Waals surface area contributed by atoms with Crippen LogP contribution in [0.25, 0.3) is 0 Å². The van der Waals surface area contributed by atoms with Gasteiger partial charge in [-0.25, -0.2) is 13.2 Å². The van der Waals surface area contributed by atoms with Crippen LogP contribution in [-0.2, 0) is 0 Å². The molecular formula is C24H28F3IN4O2. The molecule has 2 aliphatic rings. The molecule has 6 nitrogen and oxygen atoms in total. The van der Waals surface area contributed by atoms with E-state index < -0.39 is 34.6 Å². The van der Waals surface area contributed by atoms with Crippen LogP contribution < -0.4 is 10.6 Å². The lowest BCUT2D eigenvalue weighted by atomic mass is 9.92. The Morgan fingerprint density at radius 2 is 1.85 bits per heavy atom. The number of nitrogens with one attached hydrogen (secondary N) is 2. The van der Waals surface area contributed by atoms with Crippen LogP contribution in [0.2, 0.25) is 0 Å². The zero-order chi connectivity index (χ0) is 24.5. The molecule has 2 aromatic rings. The lowest BCUT2D eigenvalue weighted by Crippen LogP contribution is -2.67. The summed E-state index contributed by atoms with van der Waals surface area (Å²) in [5.41, 5.74) is -1.70. The molecule has 4 rings (SSSR count). The van der Waals surface area contributed by atoms with Gasteiger partial charge in [0.1, 0.15) is 11.4 Å². The normalized spacial score (nSPS) is 18.6. The van der Waals surface area contributed by atoms with E-state index in [-0.39, 0.29) is 24.3 Å². The SMILES string of the molecule is CN1CCC(CNCC2(O)CN(C(=O)c3ccc(F)c(F)c3Nc3ccc(I)cc3F)C2)CC1. The fourth-order valence-corrected chi connectivity index (χ4v) is 4.89. The van der Waals surface area contributed by atoms with Crippen molar-refractivity contribution in [1.82, 2.24) is 15.1 Å². The van der Waals surface area contributed by atoms with Gasteiger partial charge in [0, 0.05) is 10.1 Å². The van der Waals surface area contributed by atoms with E-state index in [1.807, 2.05) is 22.6 Å². The van der Waals surface area contributed by atoms with Gasteiger partial charge in [0.25, 0.3) is 5.91 Å². The average Bonchev–Trinajstić information content (AvgIpc) is 2.78. The number of amides is 1. The maximum absolute atomic E-state index is 14.6. The maximum Gasteiger partial charge on any atom is 0.256 e. The van der Waals surface area contributed by atoms with Crippen LogP contribution in [0.5, 0.6) is 0 Å². The molecule has 0 aromatic heterocycles. The lowest BCUT2D eigenvalue weighted by Gasteiger charge is -2.47. The van der Waals surface area contributed by atoms with E-state index in [1.54, 1.807) is 6.07 Å². The van der Waals surface area contributed by atoms with Gasteiger partial charge in [0.05, 0.1) is 30.0 Å². The maximum atomic E-state index is 14.6. The molecule has 2 saturated heterocycles. The minimum Gasteiger partial charge on any atom is -0.385 e. The molecule has 0 atom stereocenters. The third-order valence-corrected chi connectivity index (χ3v) is 7.17. The highest BCUT2D eigenvalue weighted by Gasteiger charge is 2.44. The van der Waals surface area contributed by atoms with E-state index in [0.717, 1.165) is 38.5 Å². The second-order valence-corrected chi connectivity index (χ2v) is 10.5. The molecule has 0 unspecified atom stereocenters. The molecule has 0 saturated carbocycles. The van der Waals surface area contributed by atoms with Gasteiger partial charge >= 0.3 is 0 Å². The van der Waals surface area contributed by atoms with Crippen LogP contribution in [0.4, 0.5) is 24.5 Å². The number of benzene rings is 2. The molecule has 0 radical (unpaired) electrons. The summed E-state index contributed by atoms with van der Waals surface area (Å²) in [5, 5.41) is 16.6. The number of hydrogen-bond acceptors (Lipinski definition) is 5. The number of aliphatic hydroxyl groups is 1. The highest BCUT2D eigenvalue weighted by Crippen LogP contribution is 2.31. The van der Waals surface area contributed by atoms with Crippen LogP contribution in [0.1, 0.15) is 23.2 Å². The van der Waals surface area contributed by atoms with Crippen molar-refractivity contribution in [2.24, 2.45) is 5.92 Å². The molecule has 0 bridgehead atoms. The van der Waals surface area contributed by atoms with Crippen LogP contribution in [0.3, 0.4) is 0 Å². The smallest absolute Gasteiger partial charge is 0.256 e. The van der Waals surface area contributed by atoms with Crippen molar-refractivity contribution in [3.05, 3.63) is 56.9 Å². The third kappa shape index (κ3) is 5.67. The molecule has 3 N–H and O–H groups in total. The predicted molar refractivity (Wildman–Crippen MR) is 133 cm³/mol. The zero-order valence-corrected chi connectivity index (χ0v) is 21.0. The van der Waals surface area contributed by atoms with Crippen LogP contribution in [0, 0.1) is 26.9 Å². The first-order chi connectivity index (χ1) is 16.1. The van der Waals surface area contributed by atoms with Crippen molar-refractivity contribution in [2.45, 2.75) is 18.4 Å². The minimum absolute atomic E-state index is 0.0720. The number of likely N-dealkylation sites (tertiary alicyclic amines) is 2. The van der Waals surface area contributed by atoms with Crippen molar-refractivity contribution < 1.29 is 23.1 Å². The Balaban J connectivity index is 1.39. The number of hydrogen-bond donors (Lipinski definition) is 3. The first kappa shape index (κ1) is 25.2. The van der Waals surface area contributed by atoms with Crippen LogP contribution in [-0.4, -0.2) is 72.7 Å². The summed E-state index contributed by atoms with van der Waals surface area (Å²) in [6.07, 6.45) is 2.22. The van der Waals surface area contributed by atoms with Gasteiger partial charge in [0.15, 0.2) is 11.6 Å². The summed E-state index contributed by atoms with van der Waals surface area (Å²) < 4.78 is 43.5. The quantitative estimate of drug-likeness (QED) is 0.432. The fourth-order valence-electron chi connectivity index (χ4n) is 4.44. The second kappa shape index (κ2) is 10.4. The number of rotatable bonds is 7. The molecule has 184 valence electrons. The number of β-amino-alcohol motifs (C(OH)–C–C–N with tert-alkyl or cyclic N) is 1. The van der Waals surface area contributed by atoms with Gasteiger partial charge in [-0.3, -0.25) is 4.79 Å². The molecule has 2 fully saturated rings. The summed E-state index contributed by atoms with van der Waals surface area (Å²) in [7, 11) is 2.11. The van der Waals surface area contributed by atoms with Crippen LogP contribution in [0.15, 0.2) is 30.3 Å². The number of carbonyl (C=O) groups is 1. The van der Waals surface area contributed by atoms with Gasteiger partial charge in [-0.2, -0.15) is 0 Å². The van der Waals surface area contributed by atoms with E-state index in [4.69, 9.17) is 0 Å². The Bertz CT molecular complexity index is 1060. The zero-order valence-electron chi connectivity index (χ0n) is 18.9. The van der Waals surface area contributed by atoms with Gasteiger partial charge in [-0.1, -0.05) is 0 Å². The first-order valence-corrected chi connectivity index (χ1v) is 12.3. The van der Waals surface area contributed by atoms with Crippen molar-refractivity contribution in [3.8, 4) is 0 Å².